The van der Waals surface area contributed by atoms with E-state index in [1.807, 2.05) is 36.4 Å². The lowest BCUT2D eigenvalue weighted by atomic mass is 9.85. The molecule has 0 fully saturated rings. The van der Waals surface area contributed by atoms with Crippen molar-refractivity contribution in [2.75, 3.05) is 7.11 Å². The zero-order valence-electron chi connectivity index (χ0n) is 11.9. The normalized spacial score (nSPS) is 17.1. The van der Waals surface area contributed by atoms with E-state index in [-0.39, 0.29) is 0 Å². The highest BCUT2D eigenvalue weighted by molar-refractivity contribution is 5.77. The summed E-state index contributed by atoms with van der Waals surface area (Å²) in [5.74, 6) is -0.386. The maximum atomic E-state index is 11.3. The van der Waals surface area contributed by atoms with Crippen molar-refractivity contribution in [3.63, 3.8) is 0 Å². The van der Waals surface area contributed by atoms with Crippen LogP contribution < -0.4 is 4.74 Å². The summed E-state index contributed by atoms with van der Waals surface area (Å²) in [7, 11) is 1.64. The van der Waals surface area contributed by atoms with Gasteiger partial charge >= 0.3 is 5.97 Å². The van der Waals surface area contributed by atoms with Crippen LogP contribution in [0, 0.1) is 0 Å². The number of carbonyl (C=O) groups is 1. The number of hydrogen-bond donors (Lipinski definition) is 1. The Bertz CT molecular complexity index is 681. The zero-order valence-corrected chi connectivity index (χ0v) is 11.9. The Morgan fingerprint density at radius 2 is 2.19 bits per heavy atom. The Hall–Kier alpha value is -2.36. The van der Waals surface area contributed by atoms with Crippen LogP contribution in [0.1, 0.15) is 30.0 Å². The number of ether oxygens (including phenoxy) is 1. The molecule has 1 atom stereocenters. The molecule has 0 bridgehead atoms. The first-order valence-electron chi connectivity index (χ1n) is 7.06. The van der Waals surface area contributed by atoms with E-state index in [1.165, 1.54) is 0 Å². The van der Waals surface area contributed by atoms with Crippen LogP contribution in [0.5, 0.6) is 5.75 Å². The summed E-state index contributed by atoms with van der Waals surface area (Å²) in [5, 5.41) is 9.30. The summed E-state index contributed by atoms with van der Waals surface area (Å²) in [4.78, 5) is 16.0. The topological polar surface area (TPSA) is 59.4 Å². The average molecular weight is 283 g/mol. The standard InChI is InChI=1S/C17H17NO3/c1-21-12-5-2-4-11(10-12)15-9-8-13-14(17(19)20)6-3-7-16(13)18-15/h2,4-5,8-10,14H,3,6-7H2,1H3,(H,19,20). The minimum absolute atomic E-state index is 0.416. The zero-order chi connectivity index (χ0) is 14.8. The van der Waals surface area contributed by atoms with Crippen LogP contribution in [-0.2, 0) is 11.2 Å². The van der Waals surface area contributed by atoms with Gasteiger partial charge < -0.3 is 9.84 Å². The van der Waals surface area contributed by atoms with Gasteiger partial charge in [-0.1, -0.05) is 18.2 Å². The highest BCUT2D eigenvalue weighted by atomic mass is 16.5. The van der Waals surface area contributed by atoms with Gasteiger partial charge in [0.15, 0.2) is 0 Å². The fourth-order valence-electron chi connectivity index (χ4n) is 2.86. The molecule has 0 saturated heterocycles. The SMILES string of the molecule is COc1cccc(-c2ccc3c(n2)CCCC3C(=O)O)c1. The molecule has 1 aromatic carbocycles. The quantitative estimate of drug-likeness (QED) is 0.939. The molecule has 1 unspecified atom stereocenters. The second-order valence-electron chi connectivity index (χ2n) is 5.25. The Kier molecular flexibility index (Phi) is 3.60. The van der Waals surface area contributed by atoms with Crippen LogP contribution in [0.3, 0.4) is 0 Å². The summed E-state index contributed by atoms with van der Waals surface area (Å²) in [6, 6.07) is 11.5. The number of benzene rings is 1. The van der Waals surface area contributed by atoms with E-state index in [0.717, 1.165) is 41.1 Å². The maximum Gasteiger partial charge on any atom is 0.311 e. The fraction of sp³-hybridized carbons (Fsp3) is 0.294. The monoisotopic (exact) mass is 283 g/mol. The number of nitrogens with zero attached hydrogens (tertiary/aromatic N) is 1. The molecule has 4 nitrogen and oxygen atoms in total. The van der Waals surface area contributed by atoms with E-state index < -0.39 is 11.9 Å². The molecular weight excluding hydrogens is 266 g/mol. The predicted molar refractivity (Wildman–Crippen MR) is 79.5 cm³/mol. The number of carboxylic acids is 1. The van der Waals surface area contributed by atoms with Gasteiger partial charge in [0.2, 0.25) is 0 Å². The molecule has 108 valence electrons. The van der Waals surface area contributed by atoms with E-state index >= 15 is 0 Å². The van der Waals surface area contributed by atoms with Crippen molar-refractivity contribution in [3.05, 3.63) is 47.7 Å². The van der Waals surface area contributed by atoms with Crippen LogP contribution in [0.2, 0.25) is 0 Å². The van der Waals surface area contributed by atoms with Gasteiger partial charge in [-0.2, -0.15) is 0 Å². The number of aromatic nitrogens is 1. The molecular formula is C17H17NO3. The molecule has 1 aliphatic rings. The largest absolute Gasteiger partial charge is 0.497 e. The first-order chi connectivity index (χ1) is 10.2. The summed E-state index contributed by atoms with van der Waals surface area (Å²) >= 11 is 0. The third kappa shape index (κ3) is 2.61. The van der Waals surface area contributed by atoms with E-state index in [0.29, 0.717) is 6.42 Å². The van der Waals surface area contributed by atoms with E-state index in [1.54, 1.807) is 7.11 Å². The molecule has 1 heterocycles. The molecule has 2 aromatic rings. The molecule has 0 radical (unpaired) electrons. The average Bonchev–Trinajstić information content (AvgIpc) is 2.53. The highest BCUT2D eigenvalue weighted by Gasteiger charge is 2.27. The smallest absolute Gasteiger partial charge is 0.311 e. The van der Waals surface area contributed by atoms with Crippen LogP contribution in [0.25, 0.3) is 11.3 Å². The summed E-state index contributed by atoms with van der Waals surface area (Å²) < 4.78 is 5.23. The summed E-state index contributed by atoms with van der Waals surface area (Å²) in [6.45, 7) is 0. The van der Waals surface area contributed by atoms with Crippen molar-refractivity contribution in [2.24, 2.45) is 0 Å². The summed E-state index contributed by atoms with van der Waals surface area (Å²) in [6.07, 6.45) is 2.41. The number of fused-ring (bicyclic) bond motifs is 1. The second kappa shape index (κ2) is 5.56. The van der Waals surface area contributed by atoms with Crippen LogP contribution >= 0.6 is 0 Å². The minimum atomic E-state index is -0.758. The minimum Gasteiger partial charge on any atom is -0.497 e. The van der Waals surface area contributed by atoms with Gasteiger partial charge in [-0.25, -0.2) is 0 Å². The molecule has 0 aliphatic heterocycles. The lowest BCUT2D eigenvalue weighted by molar-refractivity contribution is -0.139. The number of pyridine rings is 1. The van der Waals surface area contributed by atoms with Crippen molar-refractivity contribution in [3.8, 4) is 17.0 Å². The van der Waals surface area contributed by atoms with Crippen LogP contribution in [-0.4, -0.2) is 23.2 Å². The molecule has 21 heavy (non-hydrogen) atoms. The number of rotatable bonds is 3. The first-order valence-corrected chi connectivity index (χ1v) is 7.06. The Balaban J connectivity index is 2.01. The predicted octanol–water partition coefficient (Wildman–Crippen LogP) is 3.26. The first kappa shape index (κ1) is 13.6. The Labute approximate surface area is 123 Å². The van der Waals surface area contributed by atoms with Crippen molar-refractivity contribution < 1.29 is 14.6 Å². The van der Waals surface area contributed by atoms with Gasteiger partial charge in [0.25, 0.3) is 0 Å². The highest BCUT2D eigenvalue weighted by Crippen LogP contribution is 2.33. The number of aliphatic carboxylic acids is 1. The Morgan fingerprint density at radius 1 is 1.33 bits per heavy atom. The van der Waals surface area contributed by atoms with Gasteiger partial charge in [0.1, 0.15) is 5.75 Å². The molecule has 0 saturated carbocycles. The molecule has 1 N–H and O–H groups in total. The molecule has 0 spiro atoms. The fourth-order valence-corrected chi connectivity index (χ4v) is 2.86. The third-order valence-corrected chi connectivity index (χ3v) is 3.95. The number of aryl methyl sites for hydroxylation is 1. The number of methoxy groups -OCH3 is 1. The van der Waals surface area contributed by atoms with Gasteiger partial charge in [-0.15, -0.1) is 0 Å². The number of carboxylic acid groups (broad SMARTS) is 1. The van der Waals surface area contributed by atoms with Gasteiger partial charge in [-0.05, 0) is 43.0 Å². The van der Waals surface area contributed by atoms with Crippen LogP contribution in [0.15, 0.2) is 36.4 Å². The van der Waals surface area contributed by atoms with E-state index in [9.17, 15) is 9.90 Å². The Morgan fingerprint density at radius 3 is 2.95 bits per heavy atom. The molecule has 3 rings (SSSR count). The van der Waals surface area contributed by atoms with Crippen molar-refractivity contribution in [2.45, 2.75) is 25.2 Å². The van der Waals surface area contributed by atoms with Crippen molar-refractivity contribution in [1.82, 2.24) is 4.98 Å². The van der Waals surface area contributed by atoms with Gasteiger partial charge in [-0.3, -0.25) is 9.78 Å². The molecule has 4 heteroatoms. The van der Waals surface area contributed by atoms with Crippen LogP contribution in [0.4, 0.5) is 0 Å². The maximum absolute atomic E-state index is 11.3. The molecule has 0 amide bonds. The third-order valence-electron chi connectivity index (χ3n) is 3.95. The molecule has 1 aromatic heterocycles. The van der Waals surface area contributed by atoms with Crippen molar-refractivity contribution in [1.29, 1.82) is 0 Å². The van der Waals surface area contributed by atoms with Gasteiger partial charge in [0, 0.05) is 11.3 Å². The van der Waals surface area contributed by atoms with Crippen molar-refractivity contribution >= 4 is 5.97 Å². The lowest BCUT2D eigenvalue weighted by Crippen LogP contribution is -2.19. The van der Waals surface area contributed by atoms with E-state index in [2.05, 4.69) is 4.98 Å². The second-order valence-corrected chi connectivity index (χ2v) is 5.25. The van der Waals surface area contributed by atoms with E-state index in [4.69, 9.17) is 4.74 Å². The lowest BCUT2D eigenvalue weighted by Gasteiger charge is -2.22. The number of hydrogen-bond acceptors (Lipinski definition) is 3. The summed E-state index contributed by atoms with van der Waals surface area (Å²) in [5.41, 5.74) is 3.61. The molecule has 1 aliphatic carbocycles. The van der Waals surface area contributed by atoms with Gasteiger partial charge in [0.05, 0.1) is 18.7 Å².